The number of hydrogen-bond acceptors (Lipinski definition) is 3. The topological polar surface area (TPSA) is 64.2 Å². The Bertz CT molecular complexity index is 617. The lowest BCUT2D eigenvalue weighted by molar-refractivity contribution is 0.0985. The van der Waals surface area contributed by atoms with Crippen molar-refractivity contribution < 1.29 is 4.79 Å². The van der Waals surface area contributed by atoms with Crippen LogP contribution >= 0.6 is 0 Å². The first-order valence-electron chi connectivity index (χ1n) is 5.84. The summed E-state index contributed by atoms with van der Waals surface area (Å²) >= 11 is 0. The van der Waals surface area contributed by atoms with Crippen LogP contribution in [0.3, 0.4) is 0 Å². The molecule has 5 nitrogen and oxygen atoms in total. The van der Waals surface area contributed by atoms with Crippen LogP contribution in [-0.4, -0.2) is 22.0 Å². The Hall–Kier alpha value is -2.30. The van der Waals surface area contributed by atoms with E-state index >= 15 is 0 Å². The van der Waals surface area contributed by atoms with Crippen LogP contribution in [0, 0.1) is 0 Å². The van der Waals surface area contributed by atoms with E-state index in [1.54, 1.807) is 22.0 Å². The molecular formula is C13H14N4O. The molecule has 3 rings (SSSR count). The van der Waals surface area contributed by atoms with E-state index in [1.165, 1.54) is 0 Å². The van der Waals surface area contributed by atoms with Crippen molar-refractivity contribution in [2.45, 2.75) is 6.42 Å². The van der Waals surface area contributed by atoms with Gasteiger partial charge in [-0.05, 0) is 18.6 Å². The van der Waals surface area contributed by atoms with Gasteiger partial charge in [-0.15, -0.1) is 0 Å². The van der Waals surface area contributed by atoms with Gasteiger partial charge in [-0.25, -0.2) is 4.98 Å². The molecule has 0 unspecified atom stereocenters. The summed E-state index contributed by atoms with van der Waals surface area (Å²) in [4.78, 5) is 18.2. The normalized spacial score (nSPS) is 13.7. The lowest BCUT2D eigenvalue weighted by atomic mass is 10.1. The number of nitrogens with two attached hydrogens (primary N) is 1. The van der Waals surface area contributed by atoms with Gasteiger partial charge in [0.25, 0.3) is 5.91 Å². The molecule has 2 N–H and O–H groups in total. The van der Waals surface area contributed by atoms with Crippen LogP contribution in [0.1, 0.15) is 16.1 Å². The Labute approximate surface area is 105 Å². The second-order valence-corrected chi connectivity index (χ2v) is 4.48. The maximum atomic E-state index is 12.3. The van der Waals surface area contributed by atoms with Crippen molar-refractivity contribution in [2.24, 2.45) is 7.05 Å². The summed E-state index contributed by atoms with van der Waals surface area (Å²) in [5.41, 5.74) is 9.10. The van der Waals surface area contributed by atoms with Crippen LogP contribution in [0.15, 0.2) is 30.7 Å². The minimum Gasteiger partial charge on any atom is -0.398 e. The van der Waals surface area contributed by atoms with Gasteiger partial charge < -0.3 is 15.2 Å². The predicted molar refractivity (Wildman–Crippen MR) is 69.4 cm³/mol. The van der Waals surface area contributed by atoms with Gasteiger partial charge in [0.05, 0.1) is 6.33 Å². The number of imidazole rings is 1. The molecule has 1 aliphatic heterocycles. The van der Waals surface area contributed by atoms with Gasteiger partial charge in [0, 0.05) is 36.7 Å². The summed E-state index contributed by atoms with van der Waals surface area (Å²) in [6.07, 6.45) is 4.16. The van der Waals surface area contributed by atoms with Gasteiger partial charge in [-0.3, -0.25) is 4.79 Å². The third-order valence-electron chi connectivity index (χ3n) is 3.23. The molecule has 1 aliphatic rings. The molecule has 0 bridgehead atoms. The Morgan fingerprint density at radius 2 is 2.28 bits per heavy atom. The number of rotatable bonds is 1. The highest BCUT2D eigenvalue weighted by atomic mass is 16.2. The minimum atomic E-state index is -0.0695. The summed E-state index contributed by atoms with van der Waals surface area (Å²) in [5, 5.41) is 0. The van der Waals surface area contributed by atoms with E-state index in [-0.39, 0.29) is 5.91 Å². The highest BCUT2D eigenvalue weighted by molar-refractivity contribution is 6.06. The summed E-state index contributed by atoms with van der Waals surface area (Å²) < 4.78 is 1.77. The van der Waals surface area contributed by atoms with Crippen LogP contribution in [0.25, 0.3) is 0 Å². The first-order chi connectivity index (χ1) is 8.66. The molecule has 92 valence electrons. The van der Waals surface area contributed by atoms with E-state index in [0.29, 0.717) is 12.2 Å². The molecule has 18 heavy (non-hydrogen) atoms. The lowest BCUT2D eigenvalue weighted by Gasteiger charge is -2.16. The number of amides is 1. The van der Waals surface area contributed by atoms with E-state index in [2.05, 4.69) is 4.98 Å². The first-order valence-corrected chi connectivity index (χ1v) is 5.84. The van der Waals surface area contributed by atoms with Gasteiger partial charge in [-0.1, -0.05) is 6.07 Å². The zero-order valence-electron chi connectivity index (χ0n) is 10.1. The van der Waals surface area contributed by atoms with Gasteiger partial charge in [-0.2, -0.15) is 0 Å². The molecule has 5 heteroatoms. The summed E-state index contributed by atoms with van der Waals surface area (Å²) in [5.74, 6) is -0.0695. The van der Waals surface area contributed by atoms with Crippen LogP contribution in [0.5, 0.6) is 0 Å². The first kappa shape index (κ1) is 10.8. The fourth-order valence-corrected chi connectivity index (χ4v) is 2.33. The second-order valence-electron chi connectivity index (χ2n) is 4.48. The number of carbonyl (C=O) groups excluding carboxylic acids is 1. The molecule has 1 aromatic carbocycles. The Morgan fingerprint density at radius 1 is 1.44 bits per heavy atom. The van der Waals surface area contributed by atoms with E-state index in [9.17, 15) is 4.79 Å². The largest absolute Gasteiger partial charge is 0.398 e. The maximum absolute atomic E-state index is 12.3. The SMILES string of the molecule is Cn1cnc(C(=O)N2CCc3c(N)cccc32)c1. The van der Waals surface area contributed by atoms with Crippen molar-refractivity contribution >= 4 is 17.3 Å². The summed E-state index contributed by atoms with van der Waals surface area (Å²) in [6.45, 7) is 0.666. The van der Waals surface area contributed by atoms with Crippen molar-refractivity contribution in [1.82, 2.24) is 9.55 Å². The number of hydrogen-bond donors (Lipinski definition) is 1. The average molecular weight is 242 g/mol. The molecule has 0 fully saturated rings. The highest BCUT2D eigenvalue weighted by Crippen LogP contribution is 2.32. The van der Waals surface area contributed by atoms with Gasteiger partial charge in [0.1, 0.15) is 5.69 Å². The Kier molecular flexibility index (Phi) is 2.33. The van der Waals surface area contributed by atoms with Crippen LogP contribution in [-0.2, 0) is 13.5 Å². The molecule has 2 heterocycles. The third-order valence-corrected chi connectivity index (χ3v) is 3.23. The zero-order chi connectivity index (χ0) is 12.7. The molecule has 0 atom stereocenters. The monoisotopic (exact) mass is 242 g/mol. The summed E-state index contributed by atoms with van der Waals surface area (Å²) in [7, 11) is 1.85. The lowest BCUT2D eigenvalue weighted by Crippen LogP contribution is -2.29. The van der Waals surface area contributed by atoms with Gasteiger partial charge in [0.15, 0.2) is 0 Å². The molecular weight excluding hydrogens is 228 g/mol. The number of benzene rings is 1. The molecule has 1 amide bonds. The third kappa shape index (κ3) is 1.55. The van der Waals surface area contributed by atoms with Crippen molar-refractivity contribution in [1.29, 1.82) is 0 Å². The van der Waals surface area contributed by atoms with Gasteiger partial charge >= 0.3 is 0 Å². The van der Waals surface area contributed by atoms with Crippen molar-refractivity contribution in [2.75, 3.05) is 17.2 Å². The molecule has 0 saturated heterocycles. The van der Waals surface area contributed by atoms with Crippen molar-refractivity contribution in [3.8, 4) is 0 Å². The molecule has 2 aromatic rings. The van der Waals surface area contributed by atoms with E-state index in [4.69, 9.17) is 5.73 Å². The summed E-state index contributed by atoms with van der Waals surface area (Å²) in [6, 6.07) is 5.67. The number of aromatic nitrogens is 2. The Morgan fingerprint density at radius 3 is 3.00 bits per heavy atom. The van der Waals surface area contributed by atoms with Crippen molar-refractivity contribution in [3.63, 3.8) is 0 Å². The molecule has 1 aromatic heterocycles. The maximum Gasteiger partial charge on any atom is 0.278 e. The number of nitrogens with zero attached hydrogens (tertiary/aromatic N) is 3. The van der Waals surface area contributed by atoms with Crippen LogP contribution in [0.4, 0.5) is 11.4 Å². The van der Waals surface area contributed by atoms with E-state index < -0.39 is 0 Å². The van der Waals surface area contributed by atoms with Crippen LogP contribution < -0.4 is 10.6 Å². The Balaban J connectivity index is 1.97. The average Bonchev–Trinajstić information content (AvgIpc) is 2.95. The minimum absolute atomic E-state index is 0.0695. The highest BCUT2D eigenvalue weighted by Gasteiger charge is 2.27. The second kappa shape index (κ2) is 3.87. The standard InChI is InChI=1S/C13H14N4O/c1-16-7-11(15-8-16)13(18)17-6-5-9-10(14)3-2-4-12(9)17/h2-4,7-8H,5-6,14H2,1H3. The number of nitrogen functional groups attached to an aromatic ring is 1. The van der Waals surface area contributed by atoms with Gasteiger partial charge in [0.2, 0.25) is 0 Å². The van der Waals surface area contributed by atoms with E-state index in [0.717, 1.165) is 23.4 Å². The number of fused-ring (bicyclic) bond motifs is 1. The number of anilines is 2. The number of aryl methyl sites for hydroxylation is 1. The molecule has 0 saturated carbocycles. The quantitative estimate of drug-likeness (QED) is 0.764. The zero-order valence-corrected chi connectivity index (χ0v) is 10.1. The van der Waals surface area contributed by atoms with E-state index in [1.807, 2.05) is 25.2 Å². The molecule has 0 aliphatic carbocycles. The molecule has 0 radical (unpaired) electrons. The predicted octanol–water partition coefficient (Wildman–Crippen LogP) is 1.21. The fourth-order valence-electron chi connectivity index (χ4n) is 2.33. The number of carbonyl (C=O) groups is 1. The molecule has 0 spiro atoms. The fraction of sp³-hybridized carbons (Fsp3) is 0.231. The van der Waals surface area contributed by atoms with Crippen molar-refractivity contribution in [3.05, 3.63) is 42.0 Å². The van der Waals surface area contributed by atoms with Crippen LogP contribution in [0.2, 0.25) is 0 Å². The smallest absolute Gasteiger partial charge is 0.278 e.